The van der Waals surface area contributed by atoms with Crippen molar-refractivity contribution in [2.24, 2.45) is 0 Å². The van der Waals surface area contributed by atoms with Crippen LogP contribution in [0.3, 0.4) is 0 Å². The van der Waals surface area contributed by atoms with Gasteiger partial charge < -0.3 is 14.0 Å². The van der Waals surface area contributed by atoms with Crippen molar-refractivity contribution in [2.75, 3.05) is 0 Å². The van der Waals surface area contributed by atoms with E-state index in [1.165, 1.54) is 12.3 Å². The molecule has 27 heavy (non-hydrogen) atoms. The summed E-state index contributed by atoms with van der Waals surface area (Å²) in [5.41, 5.74) is -1.19. The zero-order chi connectivity index (χ0) is 20.8. The Labute approximate surface area is 163 Å². The number of nitrogens with one attached hydrogen (secondary N) is 1. The highest BCUT2D eigenvalue weighted by atomic mass is 32.2. The molecule has 0 amide bonds. The number of nitrogens with zero attached hydrogens (tertiary/aromatic N) is 1. The van der Waals surface area contributed by atoms with Crippen LogP contribution in [-0.4, -0.2) is 43.4 Å². The van der Waals surface area contributed by atoms with E-state index in [1.54, 1.807) is 20.8 Å². The number of aromatic nitrogens is 1. The molecule has 0 unspecified atom stereocenters. The summed E-state index contributed by atoms with van der Waals surface area (Å²) in [7, 11) is -4.56. The van der Waals surface area contributed by atoms with Crippen LogP contribution in [0, 0.1) is 0 Å². The zero-order valence-corrected chi connectivity index (χ0v) is 18.5. The number of pyridine rings is 1. The number of rotatable bonds is 5. The monoisotopic (exact) mass is 398 g/mol. The Balaban J connectivity index is 2.50. The lowest BCUT2D eigenvalue weighted by atomic mass is 9.80. The molecular formula is C18H31BN2O5S. The van der Waals surface area contributed by atoms with Crippen LogP contribution in [0.4, 0.5) is 0 Å². The minimum atomic E-state index is -3.85. The minimum absolute atomic E-state index is 0.0293. The molecule has 1 aromatic heterocycles. The van der Waals surface area contributed by atoms with Crippen LogP contribution in [0.5, 0.6) is 5.88 Å². The van der Waals surface area contributed by atoms with E-state index in [0.29, 0.717) is 5.46 Å². The molecule has 0 radical (unpaired) electrons. The maximum Gasteiger partial charge on any atom is 0.496 e. The van der Waals surface area contributed by atoms with Gasteiger partial charge in [-0.3, -0.25) is 0 Å². The summed E-state index contributed by atoms with van der Waals surface area (Å²) >= 11 is 0. The topological polar surface area (TPSA) is 86.8 Å². The lowest BCUT2D eigenvalue weighted by Gasteiger charge is -2.32. The van der Waals surface area contributed by atoms with Crippen LogP contribution in [-0.2, 0) is 19.3 Å². The number of hydrogen-bond donors (Lipinski definition) is 1. The lowest BCUT2D eigenvalue weighted by molar-refractivity contribution is 0.00578. The van der Waals surface area contributed by atoms with Crippen LogP contribution in [0.15, 0.2) is 17.2 Å². The average Bonchev–Trinajstić information content (AvgIpc) is 2.64. The third kappa shape index (κ3) is 5.02. The summed E-state index contributed by atoms with van der Waals surface area (Å²) in [6, 6.07) is 1.51. The van der Waals surface area contributed by atoms with Crippen LogP contribution in [0.25, 0.3) is 0 Å². The fourth-order valence-corrected chi connectivity index (χ4v) is 4.06. The van der Waals surface area contributed by atoms with E-state index in [-0.39, 0.29) is 16.9 Å². The summed E-state index contributed by atoms with van der Waals surface area (Å²) in [5, 5.41) is 0. The van der Waals surface area contributed by atoms with E-state index in [2.05, 4.69) is 9.71 Å². The van der Waals surface area contributed by atoms with Gasteiger partial charge in [0.2, 0.25) is 15.9 Å². The highest BCUT2D eigenvalue weighted by Gasteiger charge is 2.52. The maximum atomic E-state index is 13.0. The first-order chi connectivity index (χ1) is 12.0. The fourth-order valence-electron chi connectivity index (χ4n) is 2.52. The Morgan fingerprint density at radius 1 is 1.15 bits per heavy atom. The third-order valence-corrected chi connectivity index (χ3v) is 6.19. The number of hydrogen-bond acceptors (Lipinski definition) is 6. The van der Waals surface area contributed by atoms with E-state index in [4.69, 9.17) is 14.0 Å². The molecule has 152 valence electrons. The molecule has 0 bridgehead atoms. The molecule has 9 heteroatoms. The van der Waals surface area contributed by atoms with E-state index < -0.39 is 33.9 Å². The van der Waals surface area contributed by atoms with Gasteiger partial charge in [0.15, 0.2) is 0 Å². The van der Waals surface area contributed by atoms with Gasteiger partial charge in [0.1, 0.15) is 4.90 Å². The van der Waals surface area contributed by atoms with E-state index in [1.807, 2.05) is 41.5 Å². The predicted octanol–water partition coefficient (Wildman–Crippen LogP) is 2.24. The van der Waals surface area contributed by atoms with Gasteiger partial charge >= 0.3 is 7.12 Å². The normalized spacial score (nSPS) is 19.6. The summed E-state index contributed by atoms with van der Waals surface area (Å²) in [6.07, 6.45) is 1.32. The first kappa shape index (κ1) is 22.1. The van der Waals surface area contributed by atoms with Gasteiger partial charge in [0.25, 0.3) is 0 Å². The van der Waals surface area contributed by atoms with Crippen LogP contribution in [0.2, 0.25) is 0 Å². The van der Waals surface area contributed by atoms with Crippen molar-refractivity contribution in [3.63, 3.8) is 0 Å². The van der Waals surface area contributed by atoms with Crippen molar-refractivity contribution in [3.05, 3.63) is 12.3 Å². The molecule has 0 spiro atoms. The van der Waals surface area contributed by atoms with Gasteiger partial charge in [-0.15, -0.1) is 0 Å². The van der Waals surface area contributed by atoms with Crippen molar-refractivity contribution in [3.8, 4) is 5.88 Å². The van der Waals surface area contributed by atoms with Gasteiger partial charge in [0.05, 0.1) is 17.3 Å². The molecule has 0 saturated carbocycles. The quantitative estimate of drug-likeness (QED) is 0.766. The lowest BCUT2D eigenvalue weighted by Crippen LogP contribution is -2.42. The first-order valence-corrected chi connectivity index (χ1v) is 10.6. The smallest absolute Gasteiger partial charge is 0.474 e. The molecule has 1 aliphatic heterocycles. The van der Waals surface area contributed by atoms with Crippen LogP contribution in [0.1, 0.15) is 62.3 Å². The van der Waals surface area contributed by atoms with Gasteiger partial charge in [-0.2, -0.15) is 0 Å². The second-order valence-corrected chi connectivity index (χ2v) is 10.8. The van der Waals surface area contributed by atoms with Crippen molar-refractivity contribution >= 4 is 22.6 Å². The summed E-state index contributed by atoms with van der Waals surface area (Å²) in [4.78, 5) is 4.22. The Morgan fingerprint density at radius 2 is 1.67 bits per heavy atom. The second kappa shape index (κ2) is 7.02. The number of ether oxygens (including phenoxy) is 1. The largest absolute Gasteiger partial charge is 0.496 e. The standard InChI is InChI=1S/C18H31BN2O5S/c1-12(2)24-15-14(27(22,23)21-16(3,4)5)10-13(11-20-15)19-25-17(6,7)18(8,9)26-19/h10-12,21H,1-9H3. The van der Waals surface area contributed by atoms with E-state index >= 15 is 0 Å². The molecule has 1 aliphatic rings. The fraction of sp³-hybridized carbons (Fsp3) is 0.722. The summed E-state index contributed by atoms with van der Waals surface area (Å²) in [5.74, 6) is 0.0574. The van der Waals surface area contributed by atoms with Crippen molar-refractivity contribution in [1.29, 1.82) is 0 Å². The summed E-state index contributed by atoms with van der Waals surface area (Å²) in [6.45, 7) is 16.7. The molecule has 2 heterocycles. The molecule has 1 saturated heterocycles. The van der Waals surface area contributed by atoms with Crippen molar-refractivity contribution in [1.82, 2.24) is 9.71 Å². The molecule has 0 aliphatic carbocycles. The van der Waals surface area contributed by atoms with Gasteiger partial charge in [-0.25, -0.2) is 18.1 Å². The van der Waals surface area contributed by atoms with Crippen LogP contribution >= 0.6 is 0 Å². The predicted molar refractivity (Wildman–Crippen MR) is 106 cm³/mol. The van der Waals surface area contributed by atoms with Crippen molar-refractivity contribution < 1.29 is 22.5 Å². The second-order valence-electron chi connectivity index (χ2n) is 9.18. The highest BCUT2D eigenvalue weighted by molar-refractivity contribution is 7.89. The molecule has 0 aromatic carbocycles. The highest BCUT2D eigenvalue weighted by Crippen LogP contribution is 2.36. The van der Waals surface area contributed by atoms with Gasteiger partial charge in [-0.05, 0) is 68.4 Å². The van der Waals surface area contributed by atoms with E-state index in [9.17, 15) is 8.42 Å². The van der Waals surface area contributed by atoms with Crippen LogP contribution < -0.4 is 14.9 Å². The Bertz CT molecular complexity index is 784. The Hall–Kier alpha value is -1.16. The third-order valence-electron chi connectivity index (χ3n) is 4.44. The molecular weight excluding hydrogens is 367 g/mol. The Morgan fingerprint density at radius 3 is 2.11 bits per heavy atom. The SMILES string of the molecule is CC(C)Oc1ncc(B2OC(C)(C)C(C)(C)O2)cc1S(=O)(=O)NC(C)(C)C. The molecule has 1 N–H and O–H groups in total. The molecule has 7 nitrogen and oxygen atoms in total. The zero-order valence-electron chi connectivity index (χ0n) is 17.7. The maximum absolute atomic E-state index is 13.0. The van der Waals surface area contributed by atoms with Gasteiger partial charge in [-0.1, -0.05) is 0 Å². The average molecular weight is 398 g/mol. The number of sulfonamides is 1. The van der Waals surface area contributed by atoms with E-state index in [0.717, 1.165) is 0 Å². The van der Waals surface area contributed by atoms with Crippen molar-refractivity contribution in [2.45, 2.75) is 90.1 Å². The first-order valence-electron chi connectivity index (χ1n) is 9.10. The molecule has 1 fully saturated rings. The Kier molecular flexibility index (Phi) is 5.76. The molecule has 1 aromatic rings. The summed E-state index contributed by atoms with van der Waals surface area (Å²) < 4.78 is 46.2. The molecule has 2 rings (SSSR count). The molecule has 0 atom stereocenters. The van der Waals surface area contributed by atoms with Gasteiger partial charge in [0, 0.05) is 17.2 Å². The minimum Gasteiger partial charge on any atom is -0.474 e.